The zero-order valence-electron chi connectivity index (χ0n) is 19.1. The van der Waals surface area contributed by atoms with E-state index in [0.717, 1.165) is 16.8 Å². The maximum Gasteiger partial charge on any atom is 0.252 e. The number of hydrogen-bond acceptors (Lipinski definition) is 7. The second kappa shape index (κ2) is 8.00. The lowest BCUT2D eigenvalue weighted by Crippen LogP contribution is -2.12. The third kappa shape index (κ3) is 3.61. The monoisotopic (exact) mass is 451 g/mol. The lowest BCUT2D eigenvalue weighted by atomic mass is 9.91. The molecule has 0 amide bonds. The molecule has 0 atom stereocenters. The Kier molecular flexibility index (Phi) is 4.98. The van der Waals surface area contributed by atoms with Gasteiger partial charge in [-0.3, -0.25) is 0 Å². The fourth-order valence-electron chi connectivity index (χ4n) is 3.52. The molecule has 0 radical (unpaired) electrons. The van der Waals surface area contributed by atoms with Gasteiger partial charge >= 0.3 is 0 Å². The minimum absolute atomic E-state index is 0.235. The molecule has 4 heterocycles. The van der Waals surface area contributed by atoms with Crippen molar-refractivity contribution >= 4 is 22.8 Å². The number of aromatic nitrogens is 8. The van der Waals surface area contributed by atoms with Crippen LogP contribution in [0.15, 0.2) is 59.2 Å². The zero-order chi connectivity index (χ0) is 23.9. The van der Waals surface area contributed by atoms with Gasteiger partial charge < -0.3 is 4.98 Å². The Hall–Kier alpha value is -4.72. The molecule has 168 valence electrons. The standard InChI is InChI=1S/C23H21N11/c1-14-9-6-7-10-15(14)19-28-21-17(18(23(2,3)4)31-34(21)32-19)29-30-20-16(24-5)13-27-33(20)22-25-11-8-12-26-22/h6-13H,1-4H3,(H,28,32)/b30-29+. The fraction of sp³-hybridized carbons (Fsp3) is 0.217. The molecule has 0 fully saturated rings. The van der Waals surface area contributed by atoms with Gasteiger partial charge in [-0.1, -0.05) is 45.0 Å². The lowest BCUT2D eigenvalue weighted by molar-refractivity contribution is 0.557. The van der Waals surface area contributed by atoms with Crippen molar-refractivity contribution in [1.82, 2.24) is 39.6 Å². The van der Waals surface area contributed by atoms with Crippen molar-refractivity contribution in [3.05, 3.63) is 71.6 Å². The first-order valence-corrected chi connectivity index (χ1v) is 10.6. The highest BCUT2D eigenvalue weighted by Crippen LogP contribution is 2.37. The minimum Gasteiger partial charge on any atom is -0.319 e. The molecule has 1 N–H and O–H groups in total. The van der Waals surface area contributed by atoms with Crippen LogP contribution in [-0.4, -0.2) is 39.6 Å². The first-order valence-electron chi connectivity index (χ1n) is 10.6. The average Bonchev–Trinajstić information content (AvgIpc) is 3.51. The van der Waals surface area contributed by atoms with Gasteiger partial charge in [0.25, 0.3) is 11.6 Å². The predicted molar refractivity (Wildman–Crippen MR) is 126 cm³/mol. The largest absolute Gasteiger partial charge is 0.319 e. The molecule has 0 unspecified atom stereocenters. The first kappa shape index (κ1) is 21.1. The summed E-state index contributed by atoms with van der Waals surface area (Å²) in [6, 6.07) is 9.68. The summed E-state index contributed by atoms with van der Waals surface area (Å²) in [5.74, 6) is 1.21. The molecule has 5 rings (SSSR count). The van der Waals surface area contributed by atoms with Gasteiger partial charge in [0.1, 0.15) is 0 Å². The van der Waals surface area contributed by atoms with E-state index in [1.807, 2.05) is 52.0 Å². The van der Waals surface area contributed by atoms with E-state index in [1.54, 1.807) is 23.1 Å². The smallest absolute Gasteiger partial charge is 0.252 e. The van der Waals surface area contributed by atoms with E-state index in [-0.39, 0.29) is 16.9 Å². The highest BCUT2D eigenvalue weighted by Gasteiger charge is 2.27. The number of azo groups is 1. The molecule has 0 spiro atoms. The van der Waals surface area contributed by atoms with Crippen molar-refractivity contribution in [2.45, 2.75) is 33.1 Å². The van der Waals surface area contributed by atoms with E-state index >= 15 is 0 Å². The van der Waals surface area contributed by atoms with Gasteiger partial charge in [-0.05, 0) is 18.6 Å². The number of hydrogen-bond donors (Lipinski definition) is 1. The summed E-state index contributed by atoms with van der Waals surface area (Å²) in [4.78, 5) is 15.3. The number of nitrogens with zero attached hydrogens (tertiary/aromatic N) is 10. The van der Waals surface area contributed by atoms with Crippen LogP contribution in [0.1, 0.15) is 32.0 Å². The third-order valence-electron chi connectivity index (χ3n) is 5.22. The Morgan fingerprint density at radius 2 is 1.79 bits per heavy atom. The average molecular weight is 451 g/mol. The number of aryl methyl sites for hydroxylation is 1. The molecule has 0 saturated heterocycles. The number of H-pyrrole nitrogens is 1. The molecule has 0 aliphatic carbocycles. The van der Waals surface area contributed by atoms with Crippen molar-refractivity contribution in [2.24, 2.45) is 10.2 Å². The Morgan fingerprint density at radius 1 is 1.03 bits per heavy atom. The van der Waals surface area contributed by atoms with Crippen molar-refractivity contribution < 1.29 is 0 Å². The van der Waals surface area contributed by atoms with Crippen LogP contribution in [0.5, 0.6) is 0 Å². The van der Waals surface area contributed by atoms with Crippen LogP contribution in [-0.2, 0) is 5.41 Å². The summed E-state index contributed by atoms with van der Waals surface area (Å²) in [5.41, 5.74) is 3.85. The maximum atomic E-state index is 7.50. The zero-order valence-corrected chi connectivity index (χ0v) is 19.1. The molecule has 0 aliphatic rings. The van der Waals surface area contributed by atoms with Crippen molar-refractivity contribution in [2.75, 3.05) is 0 Å². The topological polar surface area (TPSA) is 119 Å². The van der Waals surface area contributed by atoms with E-state index < -0.39 is 0 Å². The summed E-state index contributed by atoms with van der Waals surface area (Å²) < 4.78 is 2.93. The fourth-order valence-corrected chi connectivity index (χ4v) is 3.52. The summed E-state index contributed by atoms with van der Waals surface area (Å²) >= 11 is 0. The number of fused-ring (bicyclic) bond motifs is 1. The predicted octanol–water partition coefficient (Wildman–Crippen LogP) is 5.27. The van der Waals surface area contributed by atoms with Gasteiger partial charge in [-0.2, -0.15) is 14.9 Å². The van der Waals surface area contributed by atoms with E-state index in [4.69, 9.17) is 11.7 Å². The van der Waals surface area contributed by atoms with Crippen LogP contribution in [0.3, 0.4) is 0 Å². The second-order valence-electron chi connectivity index (χ2n) is 8.70. The molecule has 1 aromatic carbocycles. The summed E-state index contributed by atoms with van der Waals surface area (Å²) in [6.07, 6.45) is 4.61. The summed E-state index contributed by atoms with van der Waals surface area (Å²) in [6.45, 7) is 15.7. The number of benzene rings is 1. The van der Waals surface area contributed by atoms with Crippen LogP contribution in [0, 0.1) is 13.5 Å². The van der Waals surface area contributed by atoms with Gasteiger partial charge in [0.2, 0.25) is 0 Å². The maximum absolute atomic E-state index is 7.50. The highest BCUT2D eigenvalue weighted by atomic mass is 15.5. The highest BCUT2D eigenvalue weighted by molar-refractivity contribution is 5.72. The molecule has 0 aliphatic heterocycles. The van der Waals surface area contributed by atoms with Gasteiger partial charge in [0.15, 0.2) is 23.0 Å². The van der Waals surface area contributed by atoms with E-state index in [0.29, 0.717) is 23.1 Å². The van der Waals surface area contributed by atoms with Crippen molar-refractivity contribution in [1.29, 1.82) is 0 Å². The Labute approximate surface area is 195 Å². The van der Waals surface area contributed by atoms with E-state index in [9.17, 15) is 0 Å². The quantitative estimate of drug-likeness (QED) is 0.295. The van der Waals surface area contributed by atoms with Crippen LogP contribution in [0.25, 0.3) is 27.8 Å². The van der Waals surface area contributed by atoms with Gasteiger partial charge in [0.05, 0.1) is 18.5 Å². The Balaban J connectivity index is 1.66. The van der Waals surface area contributed by atoms with Crippen LogP contribution >= 0.6 is 0 Å². The van der Waals surface area contributed by atoms with Gasteiger partial charge in [-0.25, -0.2) is 14.8 Å². The SMILES string of the molecule is [C-]#[N+]c1cnn(-c2ncccn2)c1/N=N/c1c(C(C)(C)C)nn2nc(-c3ccccc3C)[nH]c12. The number of aromatic amines is 1. The third-order valence-corrected chi connectivity index (χ3v) is 5.22. The lowest BCUT2D eigenvalue weighted by Gasteiger charge is -2.15. The van der Waals surface area contributed by atoms with Crippen LogP contribution in [0.2, 0.25) is 0 Å². The van der Waals surface area contributed by atoms with Crippen molar-refractivity contribution in [3.8, 4) is 17.3 Å². The molecule has 4 aromatic heterocycles. The van der Waals surface area contributed by atoms with E-state index in [1.165, 1.54) is 10.9 Å². The molecule has 34 heavy (non-hydrogen) atoms. The Bertz CT molecular complexity index is 1560. The summed E-state index contributed by atoms with van der Waals surface area (Å²) in [5, 5.41) is 22.5. The molecule has 0 saturated carbocycles. The molecular weight excluding hydrogens is 430 g/mol. The number of nitrogens with one attached hydrogen (secondary N) is 1. The second-order valence-corrected chi connectivity index (χ2v) is 8.70. The summed E-state index contributed by atoms with van der Waals surface area (Å²) in [7, 11) is 0. The minimum atomic E-state index is -0.322. The van der Waals surface area contributed by atoms with Gasteiger partial charge in [-0.15, -0.1) is 20.0 Å². The molecular formula is C23H21N11. The molecule has 11 heteroatoms. The Morgan fingerprint density at radius 3 is 2.50 bits per heavy atom. The molecule has 0 bridgehead atoms. The number of rotatable bonds is 4. The normalized spacial score (nSPS) is 12.0. The van der Waals surface area contributed by atoms with Crippen LogP contribution < -0.4 is 0 Å². The van der Waals surface area contributed by atoms with Gasteiger partial charge in [0, 0.05) is 23.4 Å². The first-order chi connectivity index (χ1) is 16.4. The van der Waals surface area contributed by atoms with Crippen LogP contribution in [0.4, 0.5) is 17.2 Å². The molecule has 11 nitrogen and oxygen atoms in total. The van der Waals surface area contributed by atoms with Crippen molar-refractivity contribution in [3.63, 3.8) is 0 Å². The van der Waals surface area contributed by atoms with E-state index in [2.05, 4.69) is 40.2 Å². The molecule has 5 aromatic rings.